The third-order valence-electron chi connectivity index (χ3n) is 1.77. The third kappa shape index (κ3) is 2.69. The first kappa shape index (κ1) is 11.6. The maximum Gasteiger partial charge on any atom is 0.181 e. The Morgan fingerprint density at radius 2 is 2.12 bits per heavy atom. The Bertz CT molecular complexity index is 616. The molecule has 0 aliphatic heterocycles. The van der Waals surface area contributed by atoms with Crippen molar-refractivity contribution < 1.29 is 0 Å². The van der Waals surface area contributed by atoms with Gasteiger partial charge in [0.05, 0.1) is 11.1 Å². The number of thiophene rings is 1. The molecule has 0 aliphatic rings. The lowest BCUT2D eigenvalue weighted by Crippen LogP contribution is -1.71. The minimum atomic E-state index is 0.690. The normalized spacial score (nSPS) is 10.9. The van der Waals surface area contributed by atoms with E-state index < -0.39 is 0 Å². The largest absolute Gasteiger partial charge is 0.236 e. The fourth-order valence-electron chi connectivity index (χ4n) is 1.11. The van der Waals surface area contributed by atoms with Gasteiger partial charge < -0.3 is 0 Å². The molecule has 0 amide bonds. The second kappa shape index (κ2) is 5.03. The number of thiazole rings is 1. The highest BCUT2D eigenvalue weighted by Crippen LogP contribution is 2.37. The maximum atomic E-state index is 5.82. The first-order chi connectivity index (χ1) is 8.31. The third-order valence-corrected chi connectivity index (χ3v) is 5.97. The smallest absolute Gasteiger partial charge is 0.181 e. The highest BCUT2D eigenvalue weighted by atomic mass is 35.5. The van der Waals surface area contributed by atoms with Gasteiger partial charge in [0.2, 0.25) is 0 Å². The van der Waals surface area contributed by atoms with Crippen LogP contribution in [0.2, 0.25) is 4.34 Å². The van der Waals surface area contributed by atoms with Crippen LogP contribution in [0.3, 0.4) is 0 Å². The summed E-state index contributed by atoms with van der Waals surface area (Å²) in [6.07, 6.45) is 1.65. The molecule has 0 bridgehead atoms. The zero-order valence-electron chi connectivity index (χ0n) is 8.16. The summed E-state index contributed by atoms with van der Waals surface area (Å²) in [7, 11) is 0. The van der Waals surface area contributed by atoms with E-state index in [1.807, 2.05) is 17.5 Å². The summed E-state index contributed by atoms with van der Waals surface area (Å²) in [6.45, 7) is 0. The molecule has 0 fully saturated rings. The van der Waals surface area contributed by atoms with Crippen molar-refractivity contribution in [2.75, 3.05) is 0 Å². The molecule has 8 heteroatoms. The van der Waals surface area contributed by atoms with E-state index in [2.05, 4.69) is 15.2 Å². The number of nitrogens with zero attached hydrogens (tertiary/aromatic N) is 3. The molecule has 3 aromatic rings. The second-order valence-electron chi connectivity index (χ2n) is 2.88. The molecular weight excluding hydrogens is 314 g/mol. The highest BCUT2D eigenvalue weighted by Gasteiger charge is 2.10. The number of hydrogen-bond donors (Lipinski definition) is 0. The van der Waals surface area contributed by atoms with E-state index >= 15 is 0 Å². The van der Waals surface area contributed by atoms with Gasteiger partial charge >= 0.3 is 0 Å². The molecule has 3 nitrogen and oxygen atoms in total. The van der Waals surface area contributed by atoms with Gasteiger partial charge in [-0.25, -0.2) is 4.98 Å². The zero-order chi connectivity index (χ0) is 11.7. The minimum Gasteiger partial charge on any atom is -0.236 e. The van der Waals surface area contributed by atoms with E-state index in [1.165, 1.54) is 23.1 Å². The lowest BCUT2D eigenvalue weighted by atomic mass is 10.5. The van der Waals surface area contributed by atoms with Crippen molar-refractivity contribution in [1.82, 2.24) is 15.2 Å². The van der Waals surface area contributed by atoms with E-state index in [0.29, 0.717) is 4.34 Å². The van der Waals surface area contributed by atoms with E-state index in [9.17, 15) is 0 Å². The molecule has 0 radical (unpaired) electrons. The molecule has 3 heterocycles. The SMILES string of the molecule is Clc1cnc(Sc2nnc(-c3cccs3)s2)s1. The Morgan fingerprint density at radius 3 is 2.82 bits per heavy atom. The Labute approximate surface area is 119 Å². The predicted molar refractivity (Wildman–Crippen MR) is 74.5 cm³/mol. The molecule has 0 spiro atoms. The van der Waals surface area contributed by atoms with Crippen LogP contribution >= 0.6 is 57.4 Å². The fourth-order valence-corrected chi connectivity index (χ4v) is 5.07. The summed E-state index contributed by atoms with van der Waals surface area (Å²) >= 11 is 12.0. The Hall–Kier alpha value is -0.470. The van der Waals surface area contributed by atoms with Crippen LogP contribution in [-0.4, -0.2) is 15.2 Å². The molecule has 0 aliphatic carbocycles. The summed E-state index contributed by atoms with van der Waals surface area (Å²) in [4.78, 5) is 5.32. The van der Waals surface area contributed by atoms with E-state index in [1.54, 1.807) is 28.9 Å². The van der Waals surface area contributed by atoms with Crippen molar-refractivity contribution in [2.24, 2.45) is 0 Å². The van der Waals surface area contributed by atoms with Crippen molar-refractivity contribution in [3.8, 4) is 9.88 Å². The Kier molecular flexibility index (Phi) is 3.44. The summed E-state index contributed by atoms with van der Waals surface area (Å²) in [5, 5.41) is 11.3. The van der Waals surface area contributed by atoms with Gasteiger partial charge in [0, 0.05) is 0 Å². The molecule has 86 valence electrons. The summed E-state index contributed by atoms with van der Waals surface area (Å²) in [5.41, 5.74) is 0. The minimum absolute atomic E-state index is 0.690. The average Bonchev–Trinajstić information content (AvgIpc) is 3.00. The van der Waals surface area contributed by atoms with Crippen LogP contribution in [0.1, 0.15) is 0 Å². The van der Waals surface area contributed by atoms with Gasteiger partial charge in [0.1, 0.15) is 4.34 Å². The molecule has 0 N–H and O–H groups in total. The van der Waals surface area contributed by atoms with Crippen molar-refractivity contribution in [2.45, 2.75) is 8.68 Å². The monoisotopic (exact) mass is 317 g/mol. The molecular formula is C9H4ClN3S4. The number of aromatic nitrogens is 3. The molecule has 17 heavy (non-hydrogen) atoms. The first-order valence-electron chi connectivity index (χ1n) is 4.48. The van der Waals surface area contributed by atoms with Crippen molar-refractivity contribution >= 4 is 57.4 Å². The van der Waals surface area contributed by atoms with Gasteiger partial charge in [0.15, 0.2) is 13.7 Å². The maximum absolute atomic E-state index is 5.82. The van der Waals surface area contributed by atoms with Gasteiger partial charge in [0.25, 0.3) is 0 Å². The molecule has 3 rings (SSSR count). The van der Waals surface area contributed by atoms with Gasteiger partial charge in [-0.05, 0) is 23.2 Å². The summed E-state index contributed by atoms with van der Waals surface area (Å²) in [5.74, 6) is 0. The first-order valence-corrected chi connectivity index (χ1v) is 8.18. The lowest BCUT2D eigenvalue weighted by Gasteiger charge is -1.87. The van der Waals surface area contributed by atoms with Crippen molar-refractivity contribution in [3.05, 3.63) is 28.0 Å². The number of rotatable bonds is 3. The van der Waals surface area contributed by atoms with Gasteiger partial charge in [-0.3, -0.25) is 0 Å². The predicted octanol–water partition coefficient (Wildman–Crippen LogP) is 4.53. The van der Waals surface area contributed by atoms with Crippen LogP contribution in [0.4, 0.5) is 0 Å². The standard InChI is InChI=1S/C9H4ClN3S4/c10-6-4-11-8(15-6)17-9-13-12-7(16-9)5-2-1-3-14-5/h1-4H. The van der Waals surface area contributed by atoms with E-state index in [4.69, 9.17) is 11.6 Å². The van der Waals surface area contributed by atoms with Crippen LogP contribution in [0.15, 0.2) is 32.4 Å². The van der Waals surface area contributed by atoms with Gasteiger partial charge in [-0.2, -0.15) is 0 Å². The van der Waals surface area contributed by atoms with Crippen molar-refractivity contribution in [3.63, 3.8) is 0 Å². The van der Waals surface area contributed by atoms with Crippen LogP contribution in [0.5, 0.6) is 0 Å². The summed E-state index contributed by atoms with van der Waals surface area (Å²) in [6, 6.07) is 4.05. The second-order valence-corrected chi connectivity index (χ2v) is 7.96. The van der Waals surface area contributed by atoms with Gasteiger partial charge in [-0.1, -0.05) is 40.3 Å². The molecule has 0 saturated heterocycles. The van der Waals surface area contributed by atoms with Crippen LogP contribution in [-0.2, 0) is 0 Å². The van der Waals surface area contributed by atoms with Crippen molar-refractivity contribution in [1.29, 1.82) is 0 Å². The number of hydrogen-bond acceptors (Lipinski definition) is 7. The topological polar surface area (TPSA) is 38.7 Å². The average molecular weight is 318 g/mol. The highest BCUT2D eigenvalue weighted by molar-refractivity contribution is 8.02. The molecule has 3 aromatic heterocycles. The summed E-state index contributed by atoms with van der Waals surface area (Å²) < 4.78 is 2.47. The molecule has 0 unspecified atom stereocenters. The molecule has 0 aromatic carbocycles. The quantitative estimate of drug-likeness (QED) is 0.711. The fraction of sp³-hybridized carbons (Fsp3) is 0. The van der Waals surface area contributed by atoms with Crippen LogP contribution in [0.25, 0.3) is 9.88 Å². The molecule has 0 atom stereocenters. The Balaban J connectivity index is 1.81. The van der Waals surface area contributed by atoms with Gasteiger partial charge in [-0.15, -0.1) is 21.5 Å². The van der Waals surface area contributed by atoms with Crippen LogP contribution in [0, 0.1) is 0 Å². The Morgan fingerprint density at radius 1 is 1.18 bits per heavy atom. The van der Waals surface area contributed by atoms with Crippen LogP contribution < -0.4 is 0 Å². The van der Waals surface area contributed by atoms with E-state index in [-0.39, 0.29) is 0 Å². The zero-order valence-corrected chi connectivity index (χ0v) is 12.2. The molecule has 0 saturated carbocycles. The van der Waals surface area contributed by atoms with E-state index in [0.717, 1.165) is 18.6 Å². The number of halogens is 1. The lowest BCUT2D eigenvalue weighted by molar-refractivity contribution is 1.01.